The van der Waals surface area contributed by atoms with Crippen LogP contribution < -0.4 is 4.74 Å². The normalized spacial score (nSPS) is 11.3. The van der Waals surface area contributed by atoms with Gasteiger partial charge in [-0.25, -0.2) is 4.98 Å². The van der Waals surface area contributed by atoms with E-state index in [2.05, 4.69) is 4.98 Å². The van der Waals surface area contributed by atoms with Gasteiger partial charge in [-0.05, 0) is 17.7 Å². The first-order valence-corrected chi connectivity index (χ1v) is 7.69. The van der Waals surface area contributed by atoms with Gasteiger partial charge in [0, 0.05) is 25.9 Å². The average molecular weight is 393 g/mol. The Morgan fingerprint density at radius 3 is 2.48 bits per heavy atom. The fourth-order valence-electron chi connectivity index (χ4n) is 2.14. The zero-order chi connectivity index (χ0) is 18.8. The van der Waals surface area contributed by atoms with Crippen molar-refractivity contribution in [1.29, 1.82) is 0 Å². The van der Waals surface area contributed by atoms with Gasteiger partial charge in [0.15, 0.2) is 0 Å². The Bertz CT molecular complexity index is 797. The standard InChI is InChI=1S/C16H13Cl2F3N2O2/c1-23(8-9-3-4-12(17)13(18)5-9)15(24)10-7-22-14(25-2)6-11(10)16(19,20)21/h3-7H,8H2,1-2H3. The predicted molar refractivity (Wildman–Crippen MR) is 88.1 cm³/mol. The summed E-state index contributed by atoms with van der Waals surface area (Å²) in [7, 11) is 2.58. The summed E-state index contributed by atoms with van der Waals surface area (Å²) < 4.78 is 44.4. The second-order valence-corrected chi connectivity index (χ2v) is 5.99. The monoisotopic (exact) mass is 392 g/mol. The third kappa shape index (κ3) is 4.55. The van der Waals surface area contributed by atoms with Crippen molar-refractivity contribution < 1.29 is 22.7 Å². The Hall–Kier alpha value is -1.99. The minimum absolute atomic E-state index is 0.0546. The molecule has 1 aromatic heterocycles. The lowest BCUT2D eigenvalue weighted by atomic mass is 10.1. The van der Waals surface area contributed by atoms with E-state index in [0.29, 0.717) is 21.7 Å². The van der Waals surface area contributed by atoms with Gasteiger partial charge in [0.25, 0.3) is 5.91 Å². The van der Waals surface area contributed by atoms with E-state index in [4.69, 9.17) is 27.9 Å². The maximum Gasteiger partial charge on any atom is 0.417 e. The largest absolute Gasteiger partial charge is 0.481 e. The Kier molecular flexibility index (Phi) is 5.80. The smallest absolute Gasteiger partial charge is 0.417 e. The van der Waals surface area contributed by atoms with Gasteiger partial charge in [-0.15, -0.1) is 0 Å². The summed E-state index contributed by atoms with van der Waals surface area (Å²) in [6.07, 6.45) is -3.86. The molecule has 1 heterocycles. The summed E-state index contributed by atoms with van der Waals surface area (Å²) in [5, 5.41) is 0.639. The fraction of sp³-hybridized carbons (Fsp3) is 0.250. The molecule has 0 aliphatic carbocycles. The van der Waals surface area contributed by atoms with E-state index in [1.165, 1.54) is 14.2 Å². The number of hydrogen-bond acceptors (Lipinski definition) is 3. The van der Waals surface area contributed by atoms with E-state index >= 15 is 0 Å². The number of rotatable bonds is 4. The van der Waals surface area contributed by atoms with Gasteiger partial charge >= 0.3 is 6.18 Å². The number of ether oxygens (including phenoxy) is 1. The third-order valence-corrected chi connectivity index (χ3v) is 4.11. The van der Waals surface area contributed by atoms with Crippen LogP contribution in [0.5, 0.6) is 5.88 Å². The van der Waals surface area contributed by atoms with Gasteiger partial charge in [0.2, 0.25) is 5.88 Å². The van der Waals surface area contributed by atoms with Crippen LogP contribution in [0.15, 0.2) is 30.5 Å². The molecular weight excluding hydrogens is 380 g/mol. The van der Waals surface area contributed by atoms with E-state index in [9.17, 15) is 18.0 Å². The maximum absolute atomic E-state index is 13.2. The third-order valence-electron chi connectivity index (χ3n) is 3.37. The molecule has 4 nitrogen and oxygen atoms in total. The Balaban J connectivity index is 2.31. The van der Waals surface area contributed by atoms with Crippen molar-refractivity contribution in [3.63, 3.8) is 0 Å². The number of carbonyl (C=O) groups excluding carboxylic acids is 1. The van der Waals surface area contributed by atoms with E-state index in [1.807, 2.05) is 0 Å². The summed E-state index contributed by atoms with van der Waals surface area (Å²) >= 11 is 11.7. The van der Waals surface area contributed by atoms with Crippen molar-refractivity contribution in [2.45, 2.75) is 12.7 Å². The van der Waals surface area contributed by atoms with Crippen LogP contribution in [0.1, 0.15) is 21.5 Å². The minimum Gasteiger partial charge on any atom is -0.481 e. The summed E-state index contributed by atoms with van der Waals surface area (Å²) in [4.78, 5) is 17.3. The molecule has 0 aliphatic rings. The molecule has 0 spiro atoms. The van der Waals surface area contributed by atoms with Gasteiger partial charge in [0.05, 0.1) is 28.3 Å². The molecule has 0 radical (unpaired) electrons. The van der Waals surface area contributed by atoms with Crippen LogP contribution in [-0.4, -0.2) is 29.9 Å². The lowest BCUT2D eigenvalue weighted by Crippen LogP contribution is -2.28. The summed E-state index contributed by atoms with van der Waals surface area (Å²) in [6.45, 7) is 0.0546. The second-order valence-electron chi connectivity index (χ2n) is 5.18. The molecule has 0 unspecified atom stereocenters. The average Bonchev–Trinajstić information content (AvgIpc) is 2.56. The lowest BCUT2D eigenvalue weighted by molar-refractivity contribution is -0.138. The van der Waals surface area contributed by atoms with Crippen molar-refractivity contribution in [2.75, 3.05) is 14.2 Å². The zero-order valence-electron chi connectivity index (χ0n) is 13.2. The summed E-state index contributed by atoms with van der Waals surface area (Å²) in [6, 6.07) is 5.42. The SMILES string of the molecule is COc1cc(C(F)(F)F)c(C(=O)N(C)Cc2ccc(Cl)c(Cl)c2)cn1. The van der Waals surface area contributed by atoms with Crippen LogP contribution in [-0.2, 0) is 12.7 Å². The predicted octanol–water partition coefficient (Wildman–Crippen LogP) is 4.69. The van der Waals surface area contributed by atoms with Gasteiger partial charge in [-0.3, -0.25) is 4.79 Å². The molecule has 0 atom stereocenters. The Morgan fingerprint density at radius 1 is 1.24 bits per heavy atom. The number of carbonyl (C=O) groups is 1. The molecular formula is C16H13Cl2F3N2O2. The summed E-state index contributed by atoms with van der Waals surface area (Å²) in [5.74, 6) is -1.05. The molecule has 0 fully saturated rings. The number of benzene rings is 1. The van der Waals surface area contributed by atoms with Gasteiger partial charge in [0.1, 0.15) is 0 Å². The van der Waals surface area contributed by atoms with Crippen LogP contribution in [0.2, 0.25) is 10.0 Å². The molecule has 2 aromatic rings. The Morgan fingerprint density at radius 2 is 1.92 bits per heavy atom. The molecule has 25 heavy (non-hydrogen) atoms. The van der Waals surface area contributed by atoms with Crippen LogP contribution in [0, 0.1) is 0 Å². The minimum atomic E-state index is -4.72. The molecule has 0 N–H and O–H groups in total. The molecule has 0 saturated heterocycles. The van der Waals surface area contributed by atoms with E-state index in [-0.39, 0.29) is 12.4 Å². The zero-order valence-corrected chi connectivity index (χ0v) is 14.7. The number of alkyl halides is 3. The van der Waals surface area contributed by atoms with Crippen molar-refractivity contribution >= 4 is 29.1 Å². The molecule has 2 rings (SSSR count). The number of hydrogen-bond donors (Lipinski definition) is 0. The van der Waals surface area contributed by atoms with Gasteiger partial charge < -0.3 is 9.64 Å². The highest BCUT2D eigenvalue weighted by atomic mass is 35.5. The van der Waals surface area contributed by atoms with Gasteiger partial charge in [-0.2, -0.15) is 13.2 Å². The first-order chi connectivity index (χ1) is 11.6. The molecule has 0 saturated carbocycles. The Labute approximate surface area is 152 Å². The number of pyridine rings is 1. The number of nitrogens with zero attached hydrogens (tertiary/aromatic N) is 2. The number of aromatic nitrogens is 1. The number of methoxy groups -OCH3 is 1. The van der Waals surface area contributed by atoms with E-state index < -0.39 is 23.2 Å². The van der Waals surface area contributed by atoms with Crippen molar-refractivity contribution in [3.05, 3.63) is 57.2 Å². The maximum atomic E-state index is 13.2. The van der Waals surface area contributed by atoms with Crippen molar-refractivity contribution in [1.82, 2.24) is 9.88 Å². The van der Waals surface area contributed by atoms with Crippen molar-refractivity contribution in [3.8, 4) is 5.88 Å². The summed E-state index contributed by atoms with van der Waals surface area (Å²) in [5.41, 5.74) is -1.04. The highest BCUT2D eigenvalue weighted by Gasteiger charge is 2.37. The molecule has 1 amide bonds. The van der Waals surface area contributed by atoms with E-state index in [1.54, 1.807) is 18.2 Å². The second kappa shape index (κ2) is 7.49. The lowest BCUT2D eigenvalue weighted by Gasteiger charge is -2.20. The van der Waals surface area contributed by atoms with Crippen LogP contribution in [0.4, 0.5) is 13.2 Å². The highest BCUT2D eigenvalue weighted by molar-refractivity contribution is 6.42. The quantitative estimate of drug-likeness (QED) is 0.757. The molecule has 9 heteroatoms. The molecule has 1 aromatic carbocycles. The van der Waals surface area contributed by atoms with Crippen LogP contribution >= 0.6 is 23.2 Å². The molecule has 134 valence electrons. The van der Waals surface area contributed by atoms with E-state index in [0.717, 1.165) is 11.1 Å². The van der Waals surface area contributed by atoms with Crippen molar-refractivity contribution in [2.24, 2.45) is 0 Å². The first kappa shape index (κ1) is 19.3. The van der Waals surface area contributed by atoms with Gasteiger partial charge in [-0.1, -0.05) is 29.3 Å². The van der Waals surface area contributed by atoms with Crippen LogP contribution in [0.3, 0.4) is 0 Å². The fourth-order valence-corrected chi connectivity index (χ4v) is 2.46. The number of amides is 1. The highest BCUT2D eigenvalue weighted by Crippen LogP contribution is 2.34. The molecule has 0 bridgehead atoms. The molecule has 0 aliphatic heterocycles. The van der Waals surface area contributed by atoms with Crippen LogP contribution in [0.25, 0.3) is 0 Å². The topological polar surface area (TPSA) is 42.4 Å². The first-order valence-electron chi connectivity index (χ1n) is 6.94. The number of halogens is 5.